The Hall–Kier alpha value is -1.95. The van der Waals surface area contributed by atoms with Crippen LogP contribution in [0.2, 0.25) is 0 Å². The second kappa shape index (κ2) is 11.6. The van der Waals surface area contributed by atoms with E-state index in [0.717, 1.165) is 50.0 Å². The summed E-state index contributed by atoms with van der Waals surface area (Å²) >= 11 is 0. The van der Waals surface area contributed by atoms with Crippen molar-refractivity contribution in [3.05, 3.63) is 18.2 Å². The summed E-state index contributed by atoms with van der Waals surface area (Å²) in [5.41, 5.74) is 0.896. The number of ether oxygens (including phenoxy) is 3. The van der Waals surface area contributed by atoms with Crippen molar-refractivity contribution < 1.29 is 14.2 Å². The van der Waals surface area contributed by atoms with Crippen molar-refractivity contribution in [2.45, 2.75) is 26.7 Å². The zero-order chi connectivity index (χ0) is 16.9. The summed E-state index contributed by atoms with van der Waals surface area (Å²) in [5, 5.41) is 6.53. The quantitative estimate of drug-likeness (QED) is 0.394. The molecule has 0 bridgehead atoms. The first-order valence-electron chi connectivity index (χ1n) is 8.11. The second-order valence-corrected chi connectivity index (χ2v) is 4.83. The molecular weight excluding hydrogens is 294 g/mol. The maximum atomic E-state index is 5.52. The Morgan fingerprint density at radius 2 is 1.96 bits per heavy atom. The number of nitrogens with one attached hydrogen (secondary N) is 2. The van der Waals surface area contributed by atoms with Gasteiger partial charge in [-0.25, -0.2) is 0 Å². The lowest BCUT2D eigenvalue weighted by Gasteiger charge is -2.14. The van der Waals surface area contributed by atoms with E-state index in [1.54, 1.807) is 14.2 Å². The van der Waals surface area contributed by atoms with Crippen molar-refractivity contribution >= 4 is 11.6 Å². The normalized spacial score (nSPS) is 11.2. The summed E-state index contributed by atoms with van der Waals surface area (Å²) in [6, 6.07) is 5.72. The molecule has 1 aromatic carbocycles. The molecule has 0 heterocycles. The molecule has 23 heavy (non-hydrogen) atoms. The first kappa shape index (κ1) is 19.1. The number of methoxy groups -OCH3 is 1. The lowest BCUT2D eigenvalue weighted by molar-refractivity contribution is 0.143. The number of guanidine groups is 1. The maximum absolute atomic E-state index is 5.52. The van der Waals surface area contributed by atoms with Gasteiger partial charge in [0, 0.05) is 38.6 Å². The summed E-state index contributed by atoms with van der Waals surface area (Å²) in [5.74, 6) is 2.16. The van der Waals surface area contributed by atoms with Crippen LogP contribution >= 0.6 is 0 Å². The molecule has 1 rings (SSSR count). The van der Waals surface area contributed by atoms with Crippen molar-refractivity contribution in [2.24, 2.45) is 4.99 Å². The topological polar surface area (TPSA) is 64.1 Å². The Labute approximate surface area is 139 Å². The zero-order valence-electron chi connectivity index (χ0n) is 14.6. The molecule has 2 N–H and O–H groups in total. The van der Waals surface area contributed by atoms with Crippen LogP contribution in [0.4, 0.5) is 5.69 Å². The first-order chi connectivity index (χ1) is 11.2. The van der Waals surface area contributed by atoms with Crippen molar-refractivity contribution in [3.8, 4) is 11.5 Å². The lowest BCUT2D eigenvalue weighted by Crippen LogP contribution is -2.31. The van der Waals surface area contributed by atoms with Crippen molar-refractivity contribution in [1.82, 2.24) is 5.32 Å². The monoisotopic (exact) mass is 323 g/mol. The molecule has 0 amide bonds. The fourth-order valence-corrected chi connectivity index (χ4v) is 2.02. The minimum atomic E-state index is 0.605. The van der Waals surface area contributed by atoms with Gasteiger partial charge in [0.2, 0.25) is 0 Å². The third-order valence-electron chi connectivity index (χ3n) is 3.16. The van der Waals surface area contributed by atoms with Gasteiger partial charge in [-0.2, -0.15) is 0 Å². The lowest BCUT2D eigenvalue weighted by atomic mass is 10.2. The predicted octanol–water partition coefficient (Wildman–Crippen LogP) is 2.90. The van der Waals surface area contributed by atoms with Gasteiger partial charge in [0.1, 0.15) is 0 Å². The molecule has 0 aliphatic carbocycles. The predicted molar refractivity (Wildman–Crippen MR) is 94.9 cm³/mol. The third kappa shape index (κ3) is 7.23. The molecule has 0 atom stereocenters. The number of hydrogen-bond donors (Lipinski definition) is 2. The van der Waals surface area contributed by atoms with Gasteiger partial charge in [-0.3, -0.25) is 4.99 Å². The Morgan fingerprint density at radius 1 is 1.13 bits per heavy atom. The fraction of sp³-hybridized carbons (Fsp3) is 0.588. The molecule has 0 radical (unpaired) electrons. The Kier molecular flexibility index (Phi) is 9.63. The van der Waals surface area contributed by atoms with Crippen molar-refractivity contribution in [3.63, 3.8) is 0 Å². The highest BCUT2D eigenvalue weighted by molar-refractivity contribution is 5.93. The van der Waals surface area contributed by atoms with Gasteiger partial charge in [0.15, 0.2) is 17.5 Å². The van der Waals surface area contributed by atoms with Crippen molar-refractivity contribution in [2.75, 3.05) is 45.8 Å². The molecule has 6 heteroatoms. The number of rotatable bonds is 10. The Balaban J connectivity index is 2.49. The summed E-state index contributed by atoms with van der Waals surface area (Å²) < 4.78 is 16.2. The number of unbranched alkanes of at least 4 members (excludes halogenated alkanes) is 1. The smallest absolute Gasteiger partial charge is 0.195 e. The largest absolute Gasteiger partial charge is 0.493 e. The van der Waals surface area contributed by atoms with Crippen LogP contribution in [0.15, 0.2) is 23.2 Å². The van der Waals surface area contributed by atoms with Crippen LogP contribution in [0.25, 0.3) is 0 Å². The van der Waals surface area contributed by atoms with E-state index in [9.17, 15) is 0 Å². The summed E-state index contributed by atoms with van der Waals surface area (Å²) in [4.78, 5) is 4.22. The van der Waals surface area contributed by atoms with Crippen LogP contribution < -0.4 is 20.1 Å². The summed E-state index contributed by atoms with van der Waals surface area (Å²) in [7, 11) is 3.38. The zero-order valence-corrected chi connectivity index (χ0v) is 14.6. The van der Waals surface area contributed by atoms with Gasteiger partial charge in [-0.1, -0.05) is 0 Å². The second-order valence-electron chi connectivity index (χ2n) is 4.83. The van der Waals surface area contributed by atoms with E-state index in [0.29, 0.717) is 12.4 Å². The van der Waals surface area contributed by atoms with Crippen molar-refractivity contribution in [1.29, 1.82) is 0 Å². The van der Waals surface area contributed by atoms with Gasteiger partial charge >= 0.3 is 0 Å². The molecule has 0 saturated carbocycles. The maximum Gasteiger partial charge on any atom is 0.195 e. The molecule has 0 aromatic heterocycles. The van der Waals surface area contributed by atoms with Gasteiger partial charge in [-0.15, -0.1) is 0 Å². The average molecular weight is 323 g/mol. The number of anilines is 1. The number of hydrogen-bond acceptors (Lipinski definition) is 4. The highest BCUT2D eigenvalue weighted by atomic mass is 16.5. The fourth-order valence-electron chi connectivity index (χ4n) is 2.02. The molecule has 0 unspecified atom stereocenters. The van der Waals surface area contributed by atoms with E-state index in [2.05, 4.69) is 15.6 Å². The molecule has 1 aromatic rings. The molecule has 130 valence electrons. The first-order valence-corrected chi connectivity index (χ1v) is 8.11. The number of nitrogens with zero attached hydrogens (tertiary/aromatic N) is 1. The van der Waals surface area contributed by atoms with E-state index in [4.69, 9.17) is 14.2 Å². The average Bonchev–Trinajstić information content (AvgIpc) is 2.58. The number of benzene rings is 1. The van der Waals surface area contributed by atoms with Crippen LogP contribution in [0, 0.1) is 0 Å². The van der Waals surface area contributed by atoms with Crippen LogP contribution in [0.5, 0.6) is 11.5 Å². The number of aliphatic imine (C=N–C) groups is 1. The molecular formula is C17H29N3O3. The Morgan fingerprint density at radius 3 is 2.61 bits per heavy atom. The highest BCUT2D eigenvalue weighted by Gasteiger charge is 2.06. The van der Waals surface area contributed by atoms with Gasteiger partial charge < -0.3 is 24.8 Å². The molecule has 0 fully saturated rings. The standard InChI is InChI=1S/C17H29N3O3/c1-5-22-12-8-7-11-19-17(18-3)20-14-9-10-15(23-6-2)16(13-14)21-4/h9-10,13H,5-8,11-12H2,1-4H3,(H2,18,19,20). The molecule has 0 spiro atoms. The molecule has 6 nitrogen and oxygen atoms in total. The molecule has 0 saturated heterocycles. The highest BCUT2D eigenvalue weighted by Crippen LogP contribution is 2.30. The summed E-state index contributed by atoms with van der Waals surface area (Å²) in [6.45, 7) is 6.99. The van der Waals surface area contributed by atoms with Crippen LogP contribution in [-0.2, 0) is 4.74 Å². The SMILES string of the molecule is CCOCCCCNC(=NC)Nc1ccc(OCC)c(OC)c1. The van der Waals surface area contributed by atoms with Gasteiger partial charge in [-0.05, 0) is 38.8 Å². The minimum Gasteiger partial charge on any atom is -0.493 e. The van der Waals surface area contributed by atoms with E-state index in [-0.39, 0.29) is 0 Å². The van der Waals surface area contributed by atoms with E-state index in [1.165, 1.54) is 0 Å². The van der Waals surface area contributed by atoms with E-state index < -0.39 is 0 Å². The molecule has 0 aliphatic rings. The van der Waals surface area contributed by atoms with E-state index in [1.807, 2.05) is 32.0 Å². The molecule has 0 aliphatic heterocycles. The van der Waals surface area contributed by atoms with Crippen LogP contribution in [0.1, 0.15) is 26.7 Å². The van der Waals surface area contributed by atoms with Crippen LogP contribution in [-0.4, -0.2) is 46.5 Å². The third-order valence-corrected chi connectivity index (χ3v) is 3.16. The minimum absolute atomic E-state index is 0.605. The van der Waals surface area contributed by atoms with Gasteiger partial charge in [0.05, 0.1) is 13.7 Å². The van der Waals surface area contributed by atoms with E-state index >= 15 is 0 Å². The summed E-state index contributed by atoms with van der Waals surface area (Å²) in [6.07, 6.45) is 2.07. The Bertz CT molecular complexity index is 478. The van der Waals surface area contributed by atoms with Gasteiger partial charge in [0.25, 0.3) is 0 Å². The van der Waals surface area contributed by atoms with Crippen LogP contribution in [0.3, 0.4) is 0 Å².